The Bertz CT molecular complexity index is 849. The van der Waals surface area contributed by atoms with Gasteiger partial charge in [-0.05, 0) is 31.5 Å². The van der Waals surface area contributed by atoms with E-state index in [1.165, 1.54) is 0 Å². The van der Waals surface area contributed by atoms with Crippen molar-refractivity contribution < 1.29 is 19.1 Å². The summed E-state index contributed by atoms with van der Waals surface area (Å²) in [6, 6.07) is 16.9. The van der Waals surface area contributed by atoms with Gasteiger partial charge in [-0.1, -0.05) is 48.0 Å². The second-order valence-electron chi connectivity index (χ2n) is 7.05. The number of carbonyl (C=O) groups excluding carboxylic acids is 3. The normalized spacial score (nSPS) is 17.3. The largest absolute Gasteiger partial charge is 0.455 e. The molecule has 2 atom stereocenters. The Kier molecular flexibility index (Phi) is 6.09. The van der Waals surface area contributed by atoms with Crippen LogP contribution in [0.3, 0.4) is 0 Å². The summed E-state index contributed by atoms with van der Waals surface area (Å²) in [5, 5.41) is 2.80. The lowest BCUT2D eigenvalue weighted by atomic mass is 10.1. The zero-order valence-electron chi connectivity index (χ0n) is 16.1. The maximum absolute atomic E-state index is 12.3. The van der Waals surface area contributed by atoms with E-state index in [1.807, 2.05) is 68.4 Å². The Morgan fingerprint density at radius 3 is 2.50 bits per heavy atom. The molecule has 1 fully saturated rings. The van der Waals surface area contributed by atoms with Gasteiger partial charge >= 0.3 is 5.97 Å². The molecule has 6 heteroatoms. The highest BCUT2D eigenvalue weighted by atomic mass is 16.5. The van der Waals surface area contributed by atoms with Crippen LogP contribution in [-0.4, -0.2) is 30.9 Å². The smallest absolute Gasteiger partial charge is 0.311 e. The van der Waals surface area contributed by atoms with Gasteiger partial charge in [0.1, 0.15) is 0 Å². The second-order valence-corrected chi connectivity index (χ2v) is 7.05. The molecule has 0 saturated carbocycles. The molecule has 0 bridgehead atoms. The van der Waals surface area contributed by atoms with Gasteiger partial charge in [-0.25, -0.2) is 0 Å². The van der Waals surface area contributed by atoms with Crippen molar-refractivity contribution in [1.82, 2.24) is 5.32 Å². The summed E-state index contributed by atoms with van der Waals surface area (Å²) in [7, 11) is 0. The summed E-state index contributed by atoms with van der Waals surface area (Å²) in [6.07, 6.45) is 0.0920. The Hall–Kier alpha value is -3.15. The van der Waals surface area contributed by atoms with Crippen LogP contribution >= 0.6 is 0 Å². The van der Waals surface area contributed by atoms with Crippen molar-refractivity contribution in [3.8, 4) is 0 Å². The van der Waals surface area contributed by atoms with Crippen LogP contribution in [0.2, 0.25) is 0 Å². The minimum atomic E-state index is -0.562. The van der Waals surface area contributed by atoms with E-state index in [0.29, 0.717) is 0 Å². The summed E-state index contributed by atoms with van der Waals surface area (Å²) in [5.41, 5.74) is 2.83. The molecule has 1 N–H and O–H groups in total. The lowest BCUT2D eigenvalue weighted by molar-refractivity contribution is -0.152. The number of benzene rings is 2. The lowest BCUT2D eigenvalue weighted by Gasteiger charge is -2.17. The van der Waals surface area contributed by atoms with Crippen LogP contribution in [0.1, 0.15) is 30.5 Å². The molecule has 0 spiro atoms. The first-order chi connectivity index (χ1) is 13.4. The SMILES string of the molecule is Cc1ccc(N2C[C@@H](C(=O)OCC(=O)N[C@@H](C)c3ccccc3)CC2=O)cc1. The van der Waals surface area contributed by atoms with Gasteiger partial charge in [0.2, 0.25) is 5.91 Å². The number of aryl methyl sites for hydroxylation is 1. The quantitative estimate of drug-likeness (QED) is 0.782. The predicted molar refractivity (Wildman–Crippen MR) is 106 cm³/mol. The Morgan fingerprint density at radius 2 is 1.82 bits per heavy atom. The lowest BCUT2D eigenvalue weighted by Crippen LogP contribution is -2.32. The van der Waals surface area contributed by atoms with Crippen LogP contribution in [-0.2, 0) is 19.1 Å². The molecular formula is C22H24N2O4. The summed E-state index contributed by atoms with van der Waals surface area (Å²) in [4.78, 5) is 38.2. The predicted octanol–water partition coefficient (Wildman–Crippen LogP) is 2.77. The van der Waals surface area contributed by atoms with E-state index in [2.05, 4.69) is 5.32 Å². The summed E-state index contributed by atoms with van der Waals surface area (Å²) in [5.74, 6) is -1.57. The number of ether oxygens (including phenoxy) is 1. The van der Waals surface area contributed by atoms with Crippen LogP contribution < -0.4 is 10.2 Å². The minimum Gasteiger partial charge on any atom is -0.455 e. The number of nitrogens with one attached hydrogen (secondary N) is 1. The van der Waals surface area contributed by atoms with Crippen molar-refractivity contribution >= 4 is 23.5 Å². The Morgan fingerprint density at radius 1 is 1.14 bits per heavy atom. The third kappa shape index (κ3) is 4.76. The van der Waals surface area contributed by atoms with Gasteiger partial charge < -0.3 is 15.0 Å². The fourth-order valence-corrected chi connectivity index (χ4v) is 3.20. The molecule has 2 aromatic carbocycles. The van der Waals surface area contributed by atoms with E-state index in [4.69, 9.17) is 4.74 Å². The molecule has 146 valence electrons. The zero-order chi connectivity index (χ0) is 20.1. The molecule has 3 rings (SSSR count). The van der Waals surface area contributed by atoms with E-state index in [0.717, 1.165) is 16.8 Å². The number of carbonyl (C=O) groups is 3. The van der Waals surface area contributed by atoms with Crippen molar-refractivity contribution in [3.63, 3.8) is 0 Å². The number of hydrogen-bond donors (Lipinski definition) is 1. The third-order valence-corrected chi connectivity index (χ3v) is 4.83. The van der Waals surface area contributed by atoms with Crippen molar-refractivity contribution in [3.05, 3.63) is 65.7 Å². The van der Waals surface area contributed by atoms with Gasteiger partial charge in [0.15, 0.2) is 6.61 Å². The minimum absolute atomic E-state index is 0.0920. The second kappa shape index (κ2) is 8.69. The maximum atomic E-state index is 12.3. The standard InChI is InChI=1S/C22H24N2O4/c1-15-8-10-19(11-9-15)24-13-18(12-21(24)26)22(27)28-14-20(25)23-16(2)17-6-4-3-5-7-17/h3-11,16,18H,12-14H2,1-2H3,(H,23,25)/t16-,18-/m0/s1. The first kappa shape index (κ1) is 19.6. The fourth-order valence-electron chi connectivity index (χ4n) is 3.20. The number of hydrogen-bond acceptors (Lipinski definition) is 4. The van der Waals surface area contributed by atoms with Crippen LogP contribution in [0.4, 0.5) is 5.69 Å². The van der Waals surface area contributed by atoms with E-state index < -0.39 is 11.9 Å². The number of rotatable bonds is 6. The average molecular weight is 380 g/mol. The van der Waals surface area contributed by atoms with Gasteiger partial charge in [0.25, 0.3) is 5.91 Å². The fraction of sp³-hybridized carbons (Fsp3) is 0.318. The molecule has 0 radical (unpaired) electrons. The molecule has 0 aliphatic carbocycles. The van der Waals surface area contributed by atoms with Crippen molar-refractivity contribution in [2.75, 3.05) is 18.1 Å². The molecule has 1 saturated heterocycles. The topological polar surface area (TPSA) is 75.7 Å². The molecule has 0 aromatic heterocycles. The molecule has 1 aliphatic rings. The first-order valence-electron chi connectivity index (χ1n) is 9.32. The summed E-state index contributed by atoms with van der Waals surface area (Å²) < 4.78 is 5.15. The highest BCUT2D eigenvalue weighted by molar-refractivity contribution is 5.99. The van der Waals surface area contributed by atoms with Gasteiger partial charge in [-0.2, -0.15) is 0 Å². The van der Waals surface area contributed by atoms with Crippen LogP contribution in [0.5, 0.6) is 0 Å². The highest BCUT2D eigenvalue weighted by Gasteiger charge is 2.36. The molecule has 6 nitrogen and oxygen atoms in total. The van der Waals surface area contributed by atoms with Gasteiger partial charge in [0, 0.05) is 18.7 Å². The molecule has 28 heavy (non-hydrogen) atoms. The zero-order valence-corrected chi connectivity index (χ0v) is 16.1. The van der Waals surface area contributed by atoms with E-state index >= 15 is 0 Å². The maximum Gasteiger partial charge on any atom is 0.311 e. The molecule has 2 amide bonds. The van der Waals surface area contributed by atoms with Gasteiger partial charge in [-0.3, -0.25) is 14.4 Å². The average Bonchev–Trinajstić information content (AvgIpc) is 3.09. The highest BCUT2D eigenvalue weighted by Crippen LogP contribution is 2.26. The van der Waals surface area contributed by atoms with Crippen molar-refractivity contribution in [1.29, 1.82) is 0 Å². The molecular weight excluding hydrogens is 356 g/mol. The summed E-state index contributed by atoms with van der Waals surface area (Å²) >= 11 is 0. The van der Waals surface area contributed by atoms with Gasteiger partial charge in [-0.15, -0.1) is 0 Å². The first-order valence-corrected chi connectivity index (χ1v) is 9.32. The monoisotopic (exact) mass is 380 g/mol. The molecule has 1 aliphatic heterocycles. The number of esters is 1. The van der Waals surface area contributed by atoms with Crippen LogP contribution in [0.15, 0.2) is 54.6 Å². The molecule has 2 aromatic rings. The molecule has 1 heterocycles. The van der Waals surface area contributed by atoms with Crippen LogP contribution in [0.25, 0.3) is 0 Å². The third-order valence-electron chi connectivity index (χ3n) is 4.83. The van der Waals surface area contributed by atoms with E-state index in [1.54, 1.807) is 4.90 Å². The Balaban J connectivity index is 1.49. The number of anilines is 1. The number of amides is 2. The van der Waals surface area contributed by atoms with E-state index in [9.17, 15) is 14.4 Å². The van der Waals surface area contributed by atoms with Crippen molar-refractivity contribution in [2.24, 2.45) is 5.92 Å². The molecule has 0 unspecified atom stereocenters. The summed E-state index contributed by atoms with van der Waals surface area (Å²) in [6.45, 7) is 3.75. The van der Waals surface area contributed by atoms with Crippen LogP contribution in [0, 0.1) is 12.8 Å². The van der Waals surface area contributed by atoms with Crippen molar-refractivity contribution in [2.45, 2.75) is 26.3 Å². The van der Waals surface area contributed by atoms with E-state index in [-0.39, 0.29) is 37.4 Å². The number of nitrogens with zero attached hydrogens (tertiary/aromatic N) is 1. The van der Waals surface area contributed by atoms with Gasteiger partial charge in [0.05, 0.1) is 12.0 Å². The Labute approximate surface area is 164 Å².